The summed E-state index contributed by atoms with van der Waals surface area (Å²) in [7, 11) is 0. The number of carboxylic acid groups (broad SMARTS) is 1. The van der Waals surface area contributed by atoms with E-state index in [-0.39, 0.29) is 11.3 Å². The Balaban J connectivity index is 1.70. The maximum Gasteiger partial charge on any atom is 0.337 e. The number of benzene rings is 3. The second-order valence-corrected chi connectivity index (χ2v) is 6.43. The number of carbonyl (C=O) groups is 2. The van der Waals surface area contributed by atoms with Gasteiger partial charge in [-0.15, -0.1) is 0 Å². The van der Waals surface area contributed by atoms with Gasteiger partial charge in [0.15, 0.2) is 0 Å². The zero-order valence-electron chi connectivity index (χ0n) is 13.6. The molecular weight excluding hydrogens is 396 g/mol. The van der Waals surface area contributed by atoms with Crippen LogP contribution in [0, 0.1) is 0 Å². The molecule has 26 heavy (non-hydrogen) atoms. The number of anilines is 2. The molecule has 0 spiro atoms. The van der Waals surface area contributed by atoms with Gasteiger partial charge < -0.3 is 15.7 Å². The first-order valence-corrected chi connectivity index (χ1v) is 8.58. The Bertz CT molecular complexity index is 941. The lowest BCUT2D eigenvalue weighted by Gasteiger charge is -2.11. The summed E-state index contributed by atoms with van der Waals surface area (Å²) in [5.41, 5.74) is 2.96. The van der Waals surface area contributed by atoms with Crippen LogP contribution in [0.2, 0.25) is 0 Å². The summed E-state index contributed by atoms with van der Waals surface area (Å²) in [5, 5.41) is 14.5. The zero-order chi connectivity index (χ0) is 18.5. The number of halogens is 1. The predicted molar refractivity (Wildman–Crippen MR) is 106 cm³/mol. The van der Waals surface area contributed by atoms with Crippen LogP contribution >= 0.6 is 15.9 Å². The Kier molecular flexibility index (Phi) is 5.34. The fourth-order valence-corrected chi connectivity index (χ4v) is 2.82. The van der Waals surface area contributed by atoms with Gasteiger partial charge in [0, 0.05) is 10.2 Å². The lowest BCUT2D eigenvalue weighted by atomic mass is 10.1. The third-order valence-electron chi connectivity index (χ3n) is 3.71. The van der Waals surface area contributed by atoms with Gasteiger partial charge in [-0.05, 0) is 41.5 Å². The van der Waals surface area contributed by atoms with Crippen molar-refractivity contribution < 1.29 is 14.7 Å². The summed E-state index contributed by atoms with van der Waals surface area (Å²) < 4.78 is 0.623. The second-order valence-electron chi connectivity index (χ2n) is 5.52. The maximum atomic E-state index is 12.2. The van der Waals surface area contributed by atoms with Gasteiger partial charge in [0.2, 0.25) is 0 Å². The van der Waals surface area contributed by atoms with Crippen LogP contribution in [-0.2, 0) is 0 Å². The van der Waals surface area contributed by atoms with Crippen molar-refractivity contribution in [2.45, 2.75) is 0 Å². The van der Waals surface area contributed by atoms with Crippen molar-refractivity contribution >= 4 is 39.3 Å². The number of carboxylic acids is 1. The van der Waals surface area contributed by atoms with Crippen molar-refractivity contribution in [2.75, 3.05) is 10.6 Å². The third-order valence-corrected chi connectivity index (χ3v) is 4.20. The first-order chi connectivity index (χ1) is 12.5. The Morgan fingerprint density at radius 1 is 0.808 bits per heavy atom. The van der Waals surface area contributed by atoms with Crippen LogP contribution in [0.1, 0.15) is 10.4 Å². The molecule has 0 saturated heterocycles. The number of nitrogens with one attached hydrogen (secondary N) is 2. The van der Waals surface area contributed by atoms with E-state index in [0.29, 0.717) is 10.2 Å². The molecule has 0 fully saturated rings. The zero-order valence-corrected chi connectivity index (χ0v) is 15.2. The van der Waals surface area contributed by atoms with Gasteiger partial charge in [0.05, 0.1) is 11.3 Å². The van der Waals surface area contributed by atoms with E-state index < -0.39 is 12.0 Å². The van der Waals surface area contributed by atoms with E-state index >= 15 is 0 Å². The Labute approximate surface area is 158 Å². The summed E-state index contributed by atoms with van der Waals surface area (Å²) in [5.74, 6) is -1.12. The molecule has 0 atom stereocenters. The molecule has 3 N–H and O–H groups in total. The van der Waals surface area contributed by atoms with Crippen LogP contribution in [-0.4, -0.2) is 17.1 Å². The fourth-order valence-electron chi connectivity index (χ4n) is 2.46. The van der Waals surface area contributed by atoms with E-state index in [1.165, 1.54) is 12.1 Å². The molecule has 0 bridgehead atoms. The normalized spacial score (nSPS) is 10.2. The van der Waals surface area contributed by atoms with Gasteiger partial charge >= 0.3 is 12.0 Å². The number of urea groups is 1. The molecule has 0 aromatic heterocycles. The van der Waals surface area contributed by atoms with Crippen LogP contribution in [0.3, 0.4) is 0 Å². The number of hydrogen-bond acceptors (Lipinski definition) is 2. The lowest BCUT2D eigenvalue weighted by molar-refractivity contribution is 0.0698. The maximum absolute atomic E-state index is 12.2. The monoisotopic (exact) mass is 410 g/mol. The van der Waals surface area contributed by atoms with Crippen molar-refractivity contribution in [3.63, 3.8) is 0 Å². The average Bonchev–Trinajstić information content (AvgIpc) is 2.64. The van der Waals surface area contributed by atoms with Crippen molar-refractivity contribution in [1.82, 2.24) is 0 Å². The van der Waals surface area contributed by atoms with Crippen LogP contribution in [0.15, 0.2) is 77.3 Å². The molecule has 0 unspecified atom stereocenters. The first-order valence-electron chi connectivity index (χ1n) is 7.79. The summed E-state index contributed by atoms with van der Waals surface area (Å²) in [6, 6.07) is 21.4. The van der Waals surface area contributed by atoms with E-state index in [9.17, 15) is 14.7 Å². The standard InChI is InChI=1S/C20H15BrN2O3/c21-15-8-11-18(17(12-15)19(24)25)23-20(26)22-16-9-6-14(7-10-16)13-4-2-1-3-5-13/h1-12H,(H,24,25)(H2,22,23,26). The number of rotatable bonds is 4. The van der Waals surface area contributed by atoms with Crippen molar-refractivity contribution in [3.05, 3.63) is 82.8 Å². The van der Waals surface area contributed by atoms with E-state index in [0.717, 1.165) is 11.1 Å². The quantitative estimate of drug-likeness (QED) is 0.534. The first kappa shape index (κ1) is 17.7. The summed E-state index contributed by atoms with van der Waals surface area (Å²) in [6.07, 6.45) is 0. The highest BCUT2D eigenvalue weighted by Gasteiger charge is 2.13. The van der Waals surface area contributed by atoms with Gasteiger partial charge in [-0.2, -0.15) is 0 Å². The average molecular weight is 411 g/mol. The van der Waals surface area contributed by atoms with Crippen molar-refractivity contribution in [1.29, 1.82) is 0 Å². The van der Waals surface area contributed by atoms with Gasteiger partial charge in [-0.1, -0.05) is 58.4 Å². The third kappa shape index (κ3) is 4.29. The summed E-state index contributed by atoms with van der Waals surface area (Å²) >= 11 is 3.22. The Morgan fingerprint density at radius 3 is 2.12 bits per heavy atom. The molecule has 0 aliphatic rings. The molecule has 0 aliphatic carbocycles. The lowest BCUT2D eigenvalue weighted by Crippen LogP contribution is -2.21. The van der Waals surface area contributed by atoms with E-state index in [1.807, 2.05) is 42.5 Å². The number of amides is 2. The summed E-state index contributed by atoms with van der Waals surface area (Å²) in [4.78, 5) is 23.5. The Morgan fingerprint density at radius 2 is 1.46 bits per heavy atom. The van der Waals surface area contributed by atoms with Crippen LogP contribution in [0.25, 0.3) is 11.1 Å². The van der Waals surface area contributed by atoms with Gasteiger partial charge in [0.1, 0.15) is 0 Å². The number of carbonyl (C=O) groups excluding carboxylic acids is 1. The highest BCUT2D eigenvalue weighted by Crippen LogP contribution is 2.23. The van der Waals surface area contributed by atoms with Crippen LogP contribution in [0.4, 0.5) is 16.2 Å². The molecule has 0 heterocycles. The molecule has 3 rings (SSSR count). The minimum Gasteiger partial charge on any atom is -0.478 e. The van der Waals surface area contributed by atoms with Crippen molar-refractivity contribution in [3.8, 4) is 11.1 Å². The highest BCUT2D eigenvalue weighted by molar-refractivity contribution is 9.10. The molecule has 5 nitrogen and oxygen atoms in total. The Hall–Kier alpha value is -3.12. The number of hydrogen-bond donors (Lipinski definition) is 3. The smallest absolute Gasteiger partial charge is 0.337 e. The molecule has 6 heteroatoms. The van der Waals surface area contributed by atoms with Crippen molar-refractivity contribution in [2.24, 2.45) is 0 Å². The highest BCUT2D eigenvalue weighted by atomic mass is 79.9. The predicted octanol–water partition coefficient (Wildman–Crippen LogP) is 5.46. The second kappa shape index (κ2) is 7.84. The minimum absolute atomic E-state index is 0.00829. The van der Waals surface area contributed by atoms with E-state index in [1.54, 1.807) is 18.2 Å². The molecule has 0 radical (unpaired) electrons. The largest absolute Gasteiger partial charge is 0.478 e. The minimum atomic E-state index is -1.12. The van der Waals surface area contributed by atoms with Crippen LogP contribution in [0.5, 0.6) is 0 Å². The van der Waals surface area contributed by atoms with E-state index in [2.05, 4.69) is 26.6 Å². The van der Waals surface area contributed by atoms with Gasteiger partial charge in [0.25, 0.3) is 0 Å². The molecule has 3 aromatic carbocycles. The van der Waals surface area contributed by atoms with Gasteiger partial charge in [-0.25, -0.2) is 9.59 Å². The molecular formula is C20H15BrN2O3. The topological polar surface area (TPSA) is 78.4 Å². The molecule has 0 saturated carbocycles. The molecule has 3 aromatic rings. The molecule has 0 aliphatic heterocycles. The fraction of sp³-hybridized carbons (Fsp3) is 0. The SMILES string of the molecule is O=C(Nc1ccc(-c2ccccc2)cc1)Nc1ccc(Br)cc1C(=O)O. The summed E-state index contributed by atoms with van der Waals surface area (Å²) in [6.45, 7) is 0. The molecule has 130 valence electrons. The van der Waals surface area contributed by atoms with Gasteiger partial charge in [-0.3, -0.25) is 0 Å². The molecule has 2 amide bonds. The van der Waals surface area contributed by atoms with E-state index in [4.69, 9.17) is 0 Å². The number of aromatic carboxylic acids is 1. The van der Waals surface area contributed by atoms with Crippen LogP contribution < -0.4 is 10.6 Å².